The van der Waals surface area contributed by atoms with Crippen LogP contribution in [0.5, 0.6) is 5.75 Å². The van der Waals surface area contributed by atoms with E-state index in [2.05, 4.69) is 10.1 Å². The zero-order valence-corrected chi connectivity index (χ0v) is 12.4. The smallest absolute Gasteiger partial charge is 0.387 e. The molecule has 2 fully saturated rings. The minimum absolute atomic E-state index is 0.0269. The molecule has 0 amide bonds. The van der Waals surface area contributed by atoms with Crippen LogP contribution in [-0.2, 0) is 0 Å². The van der Waals surface area contributed by atoms with Gasteiger partial charge in [-0.05, 0) is 56.6 Å². The number of nitrogens with one attached hydrogen (secondary N) is 1. The summed E-state index contributed by atoms with van der Waals surface area (Å²) in [6.07, 6.45) is 5.50. The molecule has 2 saturated carbocycles. The Balaban J connectivity index is 1.59. The van der Waals surface area contributed by atoms with Crippen molar-refractivity contribution in [2.24, 2.45) is 17.8 Å². The van der Waals surface area contributed by atoms with Crippen molar-refractivity contribution in [3.63, 3.8) is 0 Å². The standard InChI is InChI=1S/C17H23F2NO/c1-11(15-4-2-3-5-16(15)21-17(18)19)20-10-14-9-12-6-7-13(14)8-12/h2-5,11-14,17,20H,6-10H2,1H3. The van der Waals surface area contributed by atoms with Gasteiger partial charge in [0.15, 0.2) is 0 Å². The summed E-state index contributed by atoms with van der Waals surface area (Å²) in [5.74, 6) is 2.85. The van der Waals surface area contributed by atoms with Gasteiger partial charge in [-0.2, -0.15) is 8.78 Å². The summed E-state index contributed by atoms with van der Waals surface area (Å²) in [5.41, 5.74) is 0.806. The van der Waals surface area contributed by atoms with E-state index in [1.54, 1.807) is 12.1 Å². The van der Waals surface area contributed by atoms with E-state index in [4.69, 9.17) is 0 Å². The molecule has 0 aromatic heterocycles. The molecule has 1 aromatic rings. The number of para-hydroxylation sites is 1. The van der Waals surface area contributed by atoms with Gasteiger partial charge in [-0.3, -0.25) is 0 Å². The summed E-state index contributed by atoms with van der Waals surface area (Å²) >= 11 is 0. The second-order valence-electron chi connectivity index (χ2n) is 6.48. The summed E-state index contributed by atoms with van der Waals surface area (Å²) in [5, 5.41) is 3.51. The van der Waals surface area contributed by atoms with Crippen LogP contribution in [0, 0.1) is 17.8 Å². The van der Waals surface area contributed by atoms with Gasteiger partial charge in [-0.25, -0.2) is 0 Å². The van der Waals surface area contributed by atoms with Crippen molar-refractivity contribution >= 4 is 0 Å². The molecule has 3 rings (SSSR count). The number of hydrogen-bond acceptors (Lipinski definition) is 2. The van der Waals surface area contributed by atoms with Gasteiger partial charge >= 0.3 is 6.61 Å². The maximum Gasteiger partial charge on any atom is 0.387 e. The first-order valence-corrected chi connectivity index (χ1v) is 7.90. The van der Waals surface area contributed by atoms with Crippen molar-refractivity contribution in [1.82, 2.24) is 5.32 Å². The molecule has 0 aliphatic heterocycles. The van der Waals surface area contributed by atoms with Crippen molar-refractivity contribution in [1.29, 1.82) is 0 Å². The van der Waals surface area contributed by atoms with Gasteiger partial charge in [0, 0.05) is 11.6 Å². The predicted molar refractivity (Wildman–Crippen MR) is 78.4 cm³/mol. The molecule has 4 unspecified atom stereocenters. The van der Waals surface area contributed by atoms with Crippen LogP contribution in [0.15, 0.2) is 24.3 Å². The number of ether oxygens (including phenoxy) is 1. The Hall–Kier alpha value is -1.16. The maximum absolute atomic E-state index is 12.5. The molecule has 4 atom stereocenters. The zero-order chi connectivity index (χ0) is 14.8. The molecule has 2 aliphatic carbocycles. The van der Waals surface area contributed by atoms with Gasteiger partial charge in [-0.1, -0.05) is 24.6 Å². The second-order valence-corrected chi connectivity index (χ2v) is 6.48. The minimum atomic E-state index is -2.77. The van der Waals surface area contributed by atoms with Crippen molar-refractivity contribution in [2.75, 3.05) is 6.54 Å². The molecule has 116 valence electrons. The highest BCUT2D eigenvalue weighted by molar-refractivity contribution is 5.35. The van der Waals surface area contributed by atoms with Crippen LogP contribution in [0.4, 0.5) is 8.78 Å². The lowest BCUT2D eigenvalue weighted by atomic mass is 9.88. The SMILES string of the molecule is CC(NCC1CC2CCC1C2)c1ccccc1OC(F)F. The Bertz CT molecular complexity index is 480. The van der Waals surface area contributed by atoms with Crippen LogP contribution in [0.2, 0.25) is 0 Å². The summed E-state index contributed by atoms with van der Waals surface area (Å²) in [6, 6.07) is 7.08. The molecular formula is C17H23F2NO. The highest BCUT2D eigenvalue weighted by atomic mass is 19.3. The number of rotatable bonds is 6. The lowest BCUT2D eigenvalue weighted by Gasteiger charge is -2.25. The molecule has 0 spiro atoms. The van der Waals surface area contributed by atoms with Gasteiger partial charge in [0.25, 0.3) is 0 Å². The molecular weight excluding hydrogens is 272 g/mol. The Morgan fingerprint density at radius 3 is 2.71 bits per heavy atom. The molecule has 2 nitrogen and oxygen atoms in total. The van der Waals surface area contributed by atoms with Gasteiger partial charge in [0.1, 0.15) is 5.75 Å². The second kappa shape index (κ2) is 6.30. The van der Waals surface area contributed by atoms with Crippen LogP contribution in [0.1, 0.15) is 44.2 Å². The quantitative estimate of drug-likeness (QED) is 0.841. The molecule has 4 heteroatoms. The molecule has 2 aliphatic rings. The normalized spacial score (nSPS) is 29.0. The molecule has 0 radical (unpaired) electrons. The number of hydrogen-bond donors (Lipinski definition) is 1. The highest BCUT2D eigenvalue weighted by Crippen LogP contribution is 2.48. The highest BCUT2D eigenvalue weighted by Gasteiger charge is 2.39. The third-order valence-electron chi connectivity index (χ3n) is 5.17. The number of fused-ring (bicyclic) bond motifs is 2. The van der Waals surface area contributed by atoms with E-state index in [1.807, 2.05) is 19.1 Å². The Kier molecular flexibility index (Phi) is 4.43. The fourth-order valence-electron chi connectivity index (χ4n) is 4.11. The fraction of sp³-hybridized carbons (Fsp3) is 0.647. The Morgan fingerprint density at radius 1 is 1.24 bits per heavy atom. The topological polar surface area (TPSA) is 21.3 Å². The third kappa shape index (κ3) is 3.37. The summed E-state index contributed by atoms with van der Waals surface area (Å²) in [6.45, 7) is 0.218. The van der Waals surface area contributed by atoms with Crippen molar-refractivity contribution in [3.8, 4) is 5.75 Å². The molecule has 2 bridgehead atoms. The minimum Gasteiger partial charge on any atom is -0.434 e. The molecule has 21 heavy (non-hydrogen) atoms. The molecule has 0 heterocycles. The molecule has 1 N–H and O–H groups in total. The largest absolute Gasteiger partial charge is 0.434 e. The number of benzene rings is 1. The lowest BCUT2D eigenvalue weighted by molar-refractivity contribution is -0.0506. The monoisotopic (exact) mass is 295 g/mol. The van der Waals surface area contributed by atoms with Gasteiger partial charge < -0.3 is 10.1 Å². The third-order valence-corrected chi connectivity index (χ3v) is 5.17. The maximum atomic E-state index is 12.5. The van der Waals surface area contributed by atoms with Crippen LogP contribution < -0.4 is 10.1 Å². The van der Waals surface area contributed by atoms with E-state index >= 15 is 0 Å². The Labute approximate surface area is 124 Å². The van der Waals surface area contributed by atoms with Crippen molar-refractivity contribution in [3.05, 3.63) is 29.8 Å². The van der Waals surface area contributed by atoms with Crippen molar-refractivity contribution in [2.45, 2.75) is 45.3 Å². The first-order chi connectivity index (χ1) is 10.1. The van der Waals surface area contributed by atoms with E-state index in [0.717, 1.165) is 29.9 Å². The number of alkyl halides is 2. The number of halogens is 2. The summed E-state index contributed by atoms with van der Waals surface area (Å²) in [4.78, 5) is 0. The average Bonchev–Trinajstić information content (AvgIpc) is 3.07. The summed E-state index contributed by atoms with van der Waals surface area (Å²) < 4.78 is 29.5. The molecule has 1 aromatic carbocycles. The van der Waals surface area contributed by atoms with Gasteiger partial charge in [0.2, 0.25) is 0 Å². The first-order valence-electron chi connectivity index (χ1n) is 7.90. The fourth-order valence-corrected chi connectivity index (χ4v) is 4.11. The van der Waals surface area contributed by atoms with Gasteiger partial charge in [0.05, 0.1) is 0 Å². The summed E-state index contributed by atoms with van der Waals surface area (Å²) in [7, 11) is 0. The first kappa shape index (κ1) is 14.8. The van der Waals surface area contributed by atoms with Crippen LogP contribution in [0.3, 0.4) is 0 Å². The lowest BCUT2D eigenvalue weighted by Crippen LogP contribution is -2.29. The Morgan fingerprint density at radius 2 is 2.05 bits per heavy atom. The van der Waals surface area contributed by atoms with E-state index in [1.165, 1.54) is 25.7 Å². The van der Waals surface area contributed by atoms with Crippen LogP contribution in [0.25, 0.3) is 0 Å². The van der Waals surface area contributed by atoms with E-state index < -0.39 is 6.61 Å². The average molecular weight is 295 g/mol. The molecule has 0 saturated heterocycles. The van der Waals surface area contributed by atoms with Crippen LogP contribution >= 0.6 is 0 Å². The van der Waals surface area contributed by atoms with Crippen LogP contribution in [-0.4, -0.2) is 13.2 Å². The van der Waals surface area contributed by atoms with E-state index in [9.17, 15) is 8.78 Å². The van der Waals surface area contributed by atoms with E-state index in [0.29, 0.717) is 0 Å². The zero-order valence-electron chi connectivity index (χ0n) is 12.4. The van der Waals surface area contributed by atoms with Gasteiger partial charge in [-0.15, -0.1) is 0 Å². The van der Waals surface area contributed by atoms with E-state index in [-0.39, 0.29) is 11.8 Å². The predicted octanol–water partition coefficient (Wildman–Crippen LogP) is 4.37. The van der Waals surface area contributed by atoms with Crippen molar-refractivity contribution < 1.29 is 13.5 Å².